The number of aliphatic hydroxyl groups excluding tert-OH is 1. The number of hydrogen-bond donors (Lipinski definition) is 2. The minimum Gasteiger partial charge on any atom is -0.507 e. The van der Waals surface area contributed by atoms with Crippen LogP contribution in [0.1, 0.15) is 17.2 Å². The molecule has 0 aliphatic carbocycles. The standard InChI is InChI=1S/C23H26N2O5/c1-24(2)12-13-25-20(17-14-16(29-3)10-11-18(17)30-4)19(22(27)23(25)28)21(26)15-8-6-5-7-9-15/h5-11,14,20,26H,12-13H2,1-4H3/p+1/t20-/m1/s1. The van der Waals surface area contributed by atoms with Crippen molar-refractivity contribution in [3.05, 3.63) is 65.2 Å². The number of nitrogens with one attached hydrogen (secondary N) is 1. The van der Waals surface area contributed by atoms with E-state index in [2.05, 4.69) is 0 Å². The van der Waals surface area contributed by atoms with E-state index in [4.69, 9.17) is 9.47 Å². The monoisotopic (exact) mass is 411 g/mol. The van der Waals surface area contributed by atoms with Gasteiger partial charge in [0, 0.05) is 11.1 Å². The Labute approximate surface area is 176 Å². The summed E-state index contributed by atoms with van der Waals surface area (Å²) in [5.41, 5.74) is 1.11. The van der Waals surface area contributed by atoms with Crippen molar-refractivity contribution < 1.29 is 29.1 Å². The molecule has 0 radical (unpaired) electrons. The zero-order valence-corrected chi connectivity index (χ0v) is 17.6. The van der Waals surface area contributed by atoms with Gasteiger partial charge in [0.05, 0.1) is 53.0 Å². The molecule has 1 aliphatic rings. The van der Waals surface area contributed by atoms with Crippen LogP contribution in [-0.4, -0.2) is 63.1 Å². The molecule has 0 aromatic heterocycles. The number of carbonyl (C=O) groups excluding carboxylic acids is 2. The number of rotatable bonds is 7. The van der Waals surface area contributed by atoms with Crippen molar-refractivity contribution in [1.82, 2.24) is 4.90 Å². The maximum Gasteiger partial charge on any atom is 0.295 e. The molecule has 0 bridgehead atoms. The highest BCUT2D eigenvalue weighted by Crippen LogP contribution is 2.43. The topological polar surface area (TPSA) is 80.5 Å². The summed E-state index contributed by atoms with van der Waals surface area (Å²) in [4.78, 5) is 28.6. The van der Waals surface area contributed by atoms with Gasteiger partial charge in [0.2, 0.25) is 0 Å². The van der Waals surface area contributed by atoms with Crippen LogP contribution < -0.4 is 14.4 Å². The molecule has 30 heavy (non-hydrogen) atoms. The highest BCUT2D eigenvalue weighted by atomic mass is 16.5. The van der Waals surface area contributed by atoms with Gasteiger partial charge < -0.3 is 24.4 Å². The van der Waals surface area contributed by atoms with Crippen molar-refractivity contribution in [2.75, 3.05) is 41.4 Å². The quantitative estimate of drug-likeness (QED) is 0.408. The predicted octanol–water partition coefficient (Wildman–Crippen LogP) is 1.27. The Bertz CT molecular complexity index is 969. The Kier molecular flexibility index (Phi) is 6.42. The Morgan fingerprint density at radius 3 is 2.37 bits per heavy atom. The summed E-state index contributed by atoms with van der Waals surface area (Å²) in [7, 11) is 7.02. The summed E-state index contributed by atoms with van der Waals surface area (Å²) in [6.45, 7) is 0.991. The third kappa shape index (κ3) is 4.02. The highest BCUT2D eigenvalue weighted by molar-refractivity contribution is 6.46. The molecule has 0 saturated carbocycles. The van der Waals surface area contributed by atoms with E-state index in [1.165, 1.54) is 12.0 Å². The van der Waals surface area contributed by atoms with E-state index in [9.17, 15) is 14.7 Å². The molecule has 7 heteroatoms. The van der Waals surface area contributed by atoms with Crippen LogP contribution >= 0.6 is 0 Å². The third-order valence-corrected chi connectivity index (χ3v) is 5.17. The number of ether oxygens (including phenoxy) is 2. The summed E-state index contributed by atoms with van der Waals surface area (Å²) in [6.07, 6.45) is 0. The van der Waals surface area contributed by atoms with Crippen molar-refractivity contribution in [1.29, 1.82) is 0 Å². The number of nitrogens with zero attached hydrogens (tertiary/aromatic N) is 1. The number of carbonyl (C=O) groups is 2. The van der Waals surface area contributed by atoms with Gasteiger partial charge in [0.25, 0.3) is 11.7 Å². The minimum absolute atomic E-state index is 0.0477. The fraction of sp³-hybridized carbons (Fsp3) is 0.304. The van der Waals surface area contributed by atoms with Gasteiger partial charge in [-0.3, -0.25) is 9.59 Å². The molecule has 158 valence electrons. The van der Waals surface area contributed by atoms with Crippen molar-refractivity contribution in [3.8, 4) is 11.5 Å². The molecule has 0 unspecified atom stereocenters. The summed E-state index contributed by atoms with van der Waals surface area (Å²) < 4.78 is 10.9. The lowest BCUT2D eigenvalue weighted by Gasteiger charge is -2.27. The normalized spacial score (nSPS) is 18.2. The summed E-state index contributed by atoms with van der Waals surface area (Å²) >= 11 is 0. The molecule has 2 N–H and O–H groups in total. The second-order valence-electron chi connectivity index (χ2n) is 7.42. The molecule has 1 aliphatic heterocycles. The largest absolute Gasteiger partial charge is 0.507 e. The summed E-state index contributed by atoms with van der Waals surface area (Å²) in [6, 6.07) is 13.2. The average Bonchev–Trinajstić information content (AvgIpc) is 3.01. The molecule has 7 nitrogen and oxygen atoms in total. The van der Waals surface area contributed by atoms with E-state index >= 15 is 0 Å². The lowest BCUT2D eigenvalue weighted by molar-refractivity contribution is -0.857. The molecule has 2 aromatic rings. The molecule has 1 amide bonds. The van der Waals surface area contributed by atoms with Crippen LogP contribution in [0.4, 0.5) is 0 Å². The first-order valence-corrected chi connectivity index (χ1v) is 9.73. The number of ketones is 1. The van der Waals surface area contributed by atoms with Gasteiger partial charge in [-0.2, -0.15) is 0 Å². The second kappa shape index (κ2) is 9.00. The van der Waals surface area contributed by atoms with Gasteiger partial charge in [-0.15, -0.1) is 0 Å². The average molecular weight is 411 g/mol. The first kappa shape index (κ1) is 21.4. The lowest BCUT2D eigenvalue weighted by atomic mass is 9.94. The fourth-order valence-corrected chi connectivity index (χ4v) is 3.58. The molecule has 1 fully saturated rings. The Hall–Kier alpha value is -3.32. The van der Waals surface area contributed by atoms with Gasteiger partial charge >= 0.3 is 0 Å². The minimum atomic E-state index is -0.783. The van der Waals surface area contributed by atoms with Gasteiger partial charge in [0.15, 0.2) is 0 Å². The number of likely N-dealkylation sites (N-methyl/N-ethyl adjacent to an activating group) is 1. The summed E-state index contributed by atoms with van der Waals surface area (Å²) in [5.74, 6) is -0.481. The second-order valence-corrected chi connectivity index (χ2v) is 7.42. The number of Topliss-reactive ketones (excluding diaryl/α,β-unsaturated/α-hetero) is 1. The first-order valence-electron chi connectivity index (χ1n) is 9.73. The van der Waals surface area contributed by atoms with E-state index in [1.54, 1.807) is 49.6 Å². The van der Waals surface area contributed by atoms with Gasteiger partial charge in [-0.05, 0) is 18.2 Å². The number of amides is 1. The third-order valence-electron chi connectivity index (χ3n) is 5.17. The number of methoxy groups -OCH3 is 2. The van der Waals surface area contributed by atoms with Crippen LogP contribution in [0.3, 0.4) is 0 Å². The number of benzene rings is 2. The SMILES string of the molecule is COc1ccc(OC)c([C@@H]2C(=C(O)c3ccccc3)C(=O)C(=O)N2CC[NH+](C)C)c1. The van der Waals surface area contributed by atoms with Crippen molar-refractivity contribution in [2.24, 2.45) is 0 Å². The van der Waals surface area contributed by atoms with E-state index in [1.807, 2.05) is 20.2 Å². The van der Waals surface area contributed by atoms with Gasteiger partial charge in [0.1, 0.15) is 17.3 Å². The number of hydrogen-bond acceptors (Lipinski definition) is 5. The van der Waals surface area contributed by atoms with E-state index in [0.29, 0.717) is 35.7 Å². The molecule has 2 aromatic carbocycles. The summed E-state index contributed by atoms with van der Waals surface area (Å²) in [5, 5.41) is 11.0. The van der Waals surface area contributed by atoms with Crippen LogP contribution in [0.2, 0.25) is 0 Å². The molecule has 1 heterocycles. The number of likely N-dealkylation sites (tertiary alicyclic amines) is 1. The maximum absolute atomic E-state index is 13.0. The predicted molar refractivity (Wildman–Crippen MR) is 113 cm³/mol. The first-order chi connectivity index (χ1) is 14.4. The Morgan fingerprint density at radius 1 is 1.07 bits per heavy atom. The van der Waals surface area contributed by atoms with Crippen LogP contribution in [-0.2, 0) is 9.59 Å². The molecule has 1 saturated heterocycles. The van der Waals surface area contributed by atoms with Crippen molar-refractivity contribution in [3.63, 3.8) is 0 Å². The van der Waals surface area contributed by atoms with Crippen LogP contribution in [0.5, 0.6) is 11.5 Å². The molecule has 1 atom stereocenters. The molecule has 3 rings (SSSR count). The highest BCUT2D eigenvalue weighted by Gasteiger charge is 2.47. The number of aliphatic hydroxyl groups is 1. The Balaban J connectivity index is 2.23. The molecular formula is C23H27N2O5+. The van der Waals surface area contributed by atoms with Gasteiger partial charge in [-0.25, -0.2) is 0 Å². The van der Waals surface area contributed by atoms with Crippen LogP contribution in [0.15, 0.2) is 54.1 Å². The van der Waals surface area contributed by atoms with Gasteiger partial charge in [-0.1, -0.05) is 30.3 Å². The van der Waals surface area contributed by atoms with Crippen molar-refractivity contribution >= 4 is 17.4 Å². The van der Waals surface area contributed by atoms with Crippen LogP contribution in [0.25, 0.3) is 5.76 Å². The zero-order chi connectivity index (χ0) is 21.8. The maximum atomic E-state index is 13.0. The lowest BCUT2D eigenvalue weighted by Crippen LogP contribution is -3.06. The van der Waals surface area contributed by atoms with E-state index in [-0.39, 0.29) is 11.3 Å². The van der Waals surface area contributed by atoms with E-state index in [0.717, 1.165) is 4.90 Å². The fourth-order valence-electron chi connectivity index (χ4n) is 3.58. The molecule has 0 spiro atoms. The smallest absolute Gasteiger partial charge is 0.295 e. The Morgan fingerprint density at radius 2 is 1.77 bits per heavy atom. The van der Waals surface area contributed by atoms with Crippen LogP contribution in [0, 0.1) is 0 Å². The zero-order valence-electron chi connectivity index (χ0n) is 17.6. The van der Waals surface area contributed by atoms with E-state index < -0.39 is 17.7 Å². The number of quaternary nitrogens is 1. The van der Waals surface area contributed by atoms with Crippen molar-refractivity contribution in [2.45, 2.75) is 6.04 Å². The molecular weight excluding hydrogens is 384 g/mol.